The van der Waals surface area contributed by atoms with E-state index in [0.717, 1.165) is 5.69 Å². The summed E-state index contributed by atoms with van der Waals surface area (Å²) in [6.45, 7) is 2.02. The first-order chi connectivity index (χ1) is 7.83. The zero-order valence-electron chi connectivity index (χ0n) is 9.51. The summed E-state index contributed by atoms with van der Waals surface area (Å²) in [6, 6.07) is 19.7. The molecule has 2 rings (SSSR count). The molecule has 0 aromatic heterocycles. The zero-order valence-corrected chi connectivity index (χ0v) is 9.51. The van der Waals surface area contributed by atoms with E-state index in [1.807, 2.05) is 61.5 Å². The van der Waals surface area contributed by atoms with Crippen LogP contribution in [0.2, 0.25) is 0 Å². The molecule has 0 unspecified atom stereocenters. The molecule has 0 radical (unpaired) electrons. The van der Waals surface area contributed by atoms with Crippen molar-refractivity contribution < 1.29 is 0 Å². The first kappa shape index (κ1) is 12.1. The van der Waals surface area contributed by atoms with Crippen LogP contribution in [-0.4, -0.2) is 0 Å². The molecule has 0 bridgehead atoms. The summed E-state index contributed by atoms with van der Waals surface area (Å²) in [5.41, 5.74) is 7.44. The predicted octanol–water partition coefficient (Wildman–Crippen LogP) is 3.99. The molecule has 0 aliphatic heterocycles. The van der Waals surface area contributed by atoms with Gasteiger partial charge in [-0.1, -0.05) is 60.7 Å². The Bertz CT molecular complexity index is 404. The molecule has 0 saturated heterocycles. The summed E-state index contributed by atoms with van der Waals surface area (Å²) >= 11 is 0. The van der Waals surface area contributed by atoms with Gasteiger partial charge >= 0.3 is 0 Å². The van der Waals surface area contributed by atoms with Crippen LogP contribution < -0.4 is 5.73 Å². The van der Waals surface area contributed by atoms with Gasteiger partial charge in [-0.25, -0.2) is 0 Å². The maximum Gasteiger partial charge on any atom is 0.0313 e. The van der Waals surface area contributed by atoms with Crippen LogP contribution in [0.1, 0.15) is 12.5 Å². The molecule has 2 aromatic carbocycles. The fourth-order valence-electron chi connectivity index (χ4n) is 1.21. The van der Waals surface area contributed by atoms with Crippen molar-refractivity contribution in [2.75, 3.05) is 5.73 Å². The maximum absolute atomic E-state index is 5.36. The third kappa shape index (κ3) is 5.01. The smallest absolute Gasteiger partial charge is 0.0313 e. The van der Waals surface area contributed by atoms with Gasteiger partial charge in [-0.15, -0.1) is 0 Å². The monoisotopic (exact) mass is 211 g/mol. The Morgan fingerprint density at radius 1 is 0.812 bits per heavy atom. The van der Waals surface area contributed by atoms with Crippen molar-refractivity contribution in [3.05, 3.63) is 72.3 Å². The number of para-hydroxylation sites is 1. The van der Waals surface area contributed by atoms with Crippen molar-refractivity contribution in [2.24, 2.45) is 0 Å². The third-order valence-electron chi connectivity index (χ3n) is 1.96. The Labute approximate surface area is 97.2 Å². The lowest BCUT2D eigenvalue weighted by Crippen LogP contribution is -1.79. The minimum Gasteiger partial charge on any atom is -0.399 e. The molecule has 16 heavy (non-hydrogen) atoms. The zero-order chi connectivity index (χ0) is 11.6. The van der Waals surface area contributed by atoms with E-state index in [1.54, 1.807) is 0 Å². The molecule has 1 heteroatoms. The highest BCUT2D eigenvalue weighted by molar-refractivity contribution is 5.47. The number of hydrogen-bond donors (Lipinski definition) is 1. The third-order valence-corrected chi connectivity index (χ3v) is 1.96. The summed E-state index contributed by atoms with van der Waals surface area (Å²) in [7, 11) is 0. The molecular formula is C15H17N. The van der Waals surface area contributed by atoms with Gasteiger partial charge in [0.2, 0.25) is 0 Å². The van der Waals surface area contributed by atoms with Gasteiger partial charge in [0.25, 0.3) is 0 Å². The minimum atomic E-state index is 0.822. The van der Waals surface area contributed by atoms with Crippen LogP contribution >= 0.6 is 0 Å². The Hall–Kier alpha value is -2.02. The van der Waals surface area contributed by atoms with Crippen molar-refractivity contribution in [1.29, 1.82) is 0 Å². The summed E-state index contributed by atoms with van der Waals surface area (Å²) in [6.07, 6.45) is 4.12. The van der Waals surface area contributed by atoms with E-state index in [4.69, 9.17) is 5.73 Å². The number of allylic oxidation sites excluding steroid dienone is 1. The van der Waals surface area contributed by atoms with Crippen molar-refractivity contribution in [3.63, 3.8) is 0 Å². The fourth-order valence-corrected chi connectivity index (χ4v) is 1.21. The van der Waals surface area contributed by atoms with E-state index in [2.05, 4.69) is 18.2 Å². The van der Waals surface area contributed by atoms with Gasteiger partial charge < -0.3 is 5.73 Å². The molecular weight excluding hydrogens is 194 g/mol. The highest BCUT2D eigenvalue weighted by Gasteiger charge is 1.77. The van der Waals surface area contributed by atoms with Gasteiger partial charge in [0.15, 0.2) is 0 Å². The molecule has 2 N–H and O–H groups in total. The van der Waals surface area contributed by atoms with Crippen LogP contribution in [0, 0.1) is 0 Å². The molecule has 0 amide bonds. The van der Waals surface area contributed by atoms with Gasteiger partial charge in [0.1, 0.15) is 0 Å². The number of anilines is 1. The predicted molar refractivity (Wildman–Crippen MR) is 72.0 cm³/mol. The van der Waals surface area contributed by atoms with E-state index < -0.39 is 0 Å². The van der Waals surface area contributed by atoms with Gasteiger partial charge in [-0.3, -0.25) is 0 Å². The van der Waals surface area contributed by atoms with E-state index in [-0.39, 0.29) is 0 Å². The number of benzene rings is 2. The lowest BCUT2D eigenvalue weighted by atomic mass is 10.2. The van der Waals surface area contributed by atoms with Crippen LogP contribution in [0.15, 0.2) is 66.7 Å². The van der Waals surface area contributed by atoms with Crippen LogP contribution in [0.25, 0.3) is 6.08 Å². The van der Waals surface area contributed by atoms with Crippen LogP contribution in [0.3, 0.4) is 0 Å². The van der Waals surface area contributed by atoms with Crippen molar-refractivity contribution in [2.45, 2.75) is 6.92 Å². The Balaban J connectivity index is 0.000000165. The molecule has 1 nitrogen and oxygen atoms in total. The summed E-state index contributed by atoms with van der Waals surface area (Å²) < 4.78 is 0. The van der Waals surface area contributed by atoms with Gasteiger partial charge in [0, 0.05) is 5.69 Å². The standard InChI is InChI=1S/C9H10.C6H7N/c1-2-6-9-7-4-3-5-8-9;7-6-4-2-1-3-5-6/h2-8H,1H3;1-5H,7H2. The van der Waals surface area contributed by atoms with Crippen LogP contribution in [-0.2, 0) is 0 Å². The molecule has 0 aliphatic carbocycles. The Kier molecular flexibility index (Phi) is 5.49. The topological polar surface area (TPSA) is 26.0 Å². The minimum absolute atomic E-state index is 0.822. The van der Waals surface area contributed by atoms with Crippen molar-refractivity contribution in [1.82, 2.24) is 0 Å². The maximum atomic E-state index is 5.36. The first-order valence-electron chi connectivity index (χ1n) is 5.31. The number of nitrogen functional groups attached to an aromatic ring is 1. The quantitative estimate of drug-likeness (QED) is 0.709. The van der Waals surface area contributed by atoms with E-state index >= 15 is 0 Å². The normalized spacial score (nSPS) is 9.56. The summed E-state index contributed by atoms with van der Waals surface area (Å²) in [5.74, 6) is 0. The largest absolute Gasteiger partial charge is 0.399 e. The van der Waals surface area contributed by atoms with Crippen LogP contribution in [0.5, 0.6) is 0 Å². The number of hydrogen-bond acceptors (Lipinski definition) is 1. The average Bonchev–Trinajstić information content (AvgIpc) is 2.33. The second kappa shape index (κ2) is 7.30. The van der Waals surface area contributed by atoms with Gasteiger partial charge in [-0.05, 0) is 24.6 Å². The summed E-state index contributed by atoms with van der Waals surface area (Å²) in [4.78, 5) is 0. The molecule has 82 valence electrons. The molecule has 0 atom stereocenters. The van der Waals surface area contributed by atoms with Gasteiger partial charge in [-0.2, -0.15) is 0 Å². The molecule has 0 aliphatic rings. The molecule has 0 spiro atoms. The van der Waals surface area contributed by atoms with Gasteiger partial charge in [0.05, 0.1) is 0 Å². The lowest BCUT2D eigenvalue weighted by Gasteiger charge is -1.86. The SMILES string of the molecule is CC=Cc1ccccc1.Nc1ccccc1. The lowest BCUT2D eigenvalue weighted by molar-refractivity contribution is 1.64. The van der Waals surface area contributed by atoms with E-state index in [0.29, 0.717) is 0 Å². The van der Waals surface area contributed by atoms with E-state index in [1.165, 1.54) is 5.56 Å². The second-order valence-electron chi connectivity index (χ2n) is 3.32. The molecule has 2 aromatic rings. The Morgan fingerprint density at radius 2 is 1.31 bits per heavy atom. The molecule has 0 saturated carbocycles. The average molecular weight is 211 g/mol. The van der Waals surface area contributed by atoms with E-state index in [9.17, 15) is 0 Å². The molecule has 0 heterocycles. The van der Waals surface area contributed by atoms with Crippen molar-refractivity contribution in [3.8, 4) is 0 Å². The Morgan fingerprint density at radius 3 is 1.69 bits per heavy atom. The highest BCUT2D eigenvalue weighted by atomic mass is 14.5. The molecule has 0 fully saturated rings. The highest BCUT2D eigenvalue weighted by Crippen LogP contribution is 1.99. The fraction of sp³-hybridized carbons (Fsp3) is 0.0667. The number of rotatable bonds is 1. The second-order valence-corrected chi connectivity index (χ2v) is 3.32. The summed E-state index contributed by atoms with van der Waals surface area (Å²) in [5, 5.41) is 0. The first-order valence-corrected chi connectivity index (χ1v) is 5.31. The number of nitrogens with two attached hydrogens (primary N) is 1. The van der Waals surface area contributed by atoms with Crippen molar-refractivity contribution >= 4 is 11.8 Å². The van der Waals surface area contributed by atoms with Crippen LogP contribution in [0.4, 0.5) is 5.69 Å².